The molecule has 0 fully saturated rings. The van der Waals surface area contributed by atoms with Gasteiger partial charge in [0.2, 0.25) is 0 Å². The number of benzene rings is 4. The van der Waals surface area contributed by atoms with Gasteiger partial charge in [-0.1, -0.05) is 60.7 Å². The van der Waals surface area contributed by atoms with Gasteiger partial charge in [0.1, 0.15) is 0 Å². The van der Waals surface area contributed by atoms with Crippen molar-refractivity contribution < 1.29 is 9.84 Å². The van der Waals surface area contributed by atoms with Gasteiger partial charge in [0.15, 0.2) is 11.5 Å². The third-order valence-electron chi connectivity index (χ3n) is 7.71. The van der Waals surface area contributed by atoms with Gasteiger partial charge in [0.25, 0.3) is 0 Å². The van der Waals surface area contributed by atoms with E-state index in [-0.39, 0.29) is 5.75 Å². The normalized spacial score (nSPS) is 18.4. The average molecular weight is 615 g/mol. The Balaban J connectivity index is 1.47. The van der Waals surface area contributed by atoms with Crippen LogP contribution in [-0.4, -0.2) is 31.0 Å². The Labute approximate surface area is 238 Å². The second kappa shape index (κ2) is 10.8. The topological polar surface area (TPSA) is 45.1 Å². The molecule has 0 amide bonds. The highest BCUT2D eigenvalue weighted by atomic mass is 127. The van der Waals surface area contributed by atoms with E-state index in [1.807, 2.05) is 25.3 Å². The lowest BCUT2D eigenvalue weighted by Crippen LogP contribution is -2.37. The summed E-state index contributed by atoms with van der Waals surface area (Å²) in [7, 11) is 0. The molecule has 0 bridgehead atoms. The molecule has 38 heavy (non-hydrogen) atoms. The van der Waals surface area contributed by atoms with E-state index < -0.39 is 0 Å². The number of anilines is 1. The SMILES string of the molecule is CCOc1cc(C=Nc2cc3c4c(c2)[C@H](c2ccccc2)CCN4CC[C@H]3c2ccccc2)cc(I)c1O. The fraction of sp³-hybridized carbons (Fsp3) is 0.242. The van der Waals surface area contributed by atoms with E-state index in [9.17, 15) is 5.11 Å². The molecule has 0 spiro atoms. The fourth-order valence-electron chi connectivity index (χ4n) is 6.00. The van der Waals surface area contributed by atoms with Crippen LogP contribution in [0.2, 0.25) is 0 Å². The van der Waals surface area contributed by atoms with Crippen LogP contribution in [0.1, 0.15) is 59.4 Å². The lowest BCUT2D eigenvalue weighted by Gasteiger charge is -2.43. The van der Waals surface area contributed by atoms with Gasteiger partial charge in [-0.3, -0.25) is 4.99 Å². The third-order valence-corrected chi connectivity index (χ3v) is 8.54. The summed E-state index contributed by atoms with van der Waals surface area (Å²) in [6, 6.07) is 30.2. The summed E-state index contributed by atoms with van der Waals surface area (Å²) in [4.78, 5) is 7.58. The standard InChI is InChI=1S/C33H31IN2O2/c1-2-38-31-18-22(17-30(34)33(31)37)21-35-25-19-28-26(23-9-5-3-6-10-23)13-15-36-16-14-27(29(20-25)32(28)36)24-11-7-4-8-12-24/h3-12,17-21,26-27,37H,2,13-16H2,1H3/t26-,27-/m0/s1. The van der Waals surface area contributed by atoms with Crippen LogP contribution >= 0.6 is 22.6 Å². The van der Waals surface area contributed by atoms with Gasteiger partial charge in [-0.2, -0.15) is 0 Å². The molecular weight excluding hydrogens is 583 g/mol. The minimum absolute atomic E-state index is 0.180. The molecule has 4 nitrogen and oxygen atoms in total. The molecular formula is C33H31IN2O2. The first-order valence-corrected chi connectivity index (χ1v) is 14.4. The second-order valence-corrected chi connectivity index (χ2v) is 11.2. The van der Waals surface area contributed by atoms with Crippen molar-refractivity contribution in [2.45, 2.75) is 31.6 Å². The summed E-state index contributed by atoms with van der Waals surface area (Å²) >= 11 is 2.14. The smallest absolute Gasteiger partial charge is 0.171 e. The van der Waals surface area contributed by atoms with Gasteiger partial charge in [-0.25, -0.2) is 0 Å². The molecule has 0 radical (unpaired) electrons. The first kappa shape index (κ1) is 25.0. The van der Waals surface area contributed by atoms with Crippen LogP contribution < -0.4 is 9.64 Å². The van der Waals surface area contributed by atoms with Crippen molar-refractivity contribution >= 4 is 40.2 Å². The van der Waals surface area contributed by atoms with Crippen LogP contribution in [-0.2, 0) is 0 Å². The number of rotatable bonds is 6. The highest BCUT2D eigenvalue weighted by Gasteiger charge is 2.35. The van der Waals surface area contributed by atoms with Crippen molar-refractivity contribution in [1.29, 1.82) is 0 Å². The van der Waals surface area contributed by atoms with E-state index in [4.69, 9.17) is 9.73 Å². The number of aliphatic imine (C=N–C) groups is 1. The maximum absolute atomic E-state index is 10.4. The van der Waals surface area contributed by atoms with E-state index in [0.717, 1.165) is 40.8 Å². The lowest BCUT2D eigenvalue weighted by atomic mass is 9.76. The summed E-state index contributed by atoms with van der Waals surface area (Å²) in [5, 5.41) is 10.4. The third kappa shape index (κ3) is 4.80. The molecule has 0 unspecified atom stereocenters. The predicted molar refractivity (Wildman–Crippen MR) is 164 cm³/mol. The molecule has 0 saturated carbocycles. The maximum Gasteiger partial charge on any atom is 0.171 e. The van der Waals surface area contributed by atoms with Gasteiger partial charge in [0, 0.05) is 36.8 Å². The van der Waals surface area contributed by atoms with Gasteiger partial charge in [0.05, 0.1) is 15.9 Å². The molecule has 5 heteroatoms. The number of nitrogens with zero attached hydrogens (tertiary/aromatic N) is 2. The molecule has 2 atom stereocenters. The van der Waals surface area contributed by atoms with Crippen LogP contribution in [0.15, 0.2) is 89.9 Å². The number of halogens is 1. The molecule has 2 aliphatic rings. The van der Waals surface area contributed by atoms with Crippen molar-refractivity contribution in [3.8, 4) is 11.5 Å². The number of phenolic OH excluding ortho intramolecular Hbond substituents is 1. The highest BCUT2D eigenvalue weighted by molar-refractivity contribution is 14.1. The summed E-state index contributed by atoms with van der Waals surface area (Å²) < 4.78 is 6.39. The summed E-state index contributed by atoms with van der Waals surface area (Å²) in [6.45, 7) is 4.57. The molecule has 1 N–H and O–H groups in total. The molecule has 0 saturated heterocycles. The first-order valence-electron chi connectivity index (χ1n) is 13.3. The zero-order chi connectivity index (χ0) is 26.1. The highest BCUT2D eigenvalue weighted by Crippen LogP contribution is 2.50. The minimum Gasteiger partial charge on any atom is -0.504 e. The number of aromatic hydroxyl groups is 1. The van der Waals surface area contributed by atoms with Crippen molar-refractivity contribution in [3.05, 3.63) is 116 Å². The Bertz CT molecular complexity index is 1400. The molecule has 4 aromatic rings. The van der Waals surface area contributed by atoms with Gasteiger partial charge in [-0.15, -0.1) is 0 Å². The fourth-order valence-corrected chi connectivity index (χ4v) is 6.62. The first-order chi connectivity index (χ1) is 18.6. The minimum atomic E-state index is 0.180. The quantitative estimate of drug-likeness (QED) is 0.177. The van der Waals surface area contributed by atoms with Gasteiger partial charge in [-0.05, 0) is 94.4 Å². The van der Waals surface area contributed by atoms with Crippen molar-refractivity contribution in [3.63, 3.8) is 0 Å². The molecule has 0 aromatic heterocycles. The van der Waals surface area contributed by atoms with Gasteiger partial charge < -0.3 is 14.7 Å². The van der Waals surface area contributed by atoms with E-state index in [1.54, 1.807) is 0 Å². The molecule has 2 heterocycles. The Morgan fingerprint density at radius 2 is 1.47 bits per heavy atom. The van der Waals surface area contributed by atoms with E-state index >= 15 is 0 Å². The summed E-state index contributed by atoms with van der Waals surface area (Å²) in [6.07, 6.45) is 4.10. The Morgan fingerprint density at radius 1 is 0.895 bits per heavy atom. The largest absolute Gasteiger partial charge is 0.504 e. The van der Waals surface area contributed by atoms with Crippen molar-refractivity contribution in [2.75, 3.05) is 24.6 Å². The molecule has 0 aliphatic carbocycles. The van der Waals surface area contributed by atoms with Crippen LogP contribution in [0.25, 0.3) is 0 Å². The molecule has 6 rings (SSSR count). The van der Waals surface area contributed by atoms with Gasteiger partial charge >= 0.3 is 0 Å². The Morgan fingerprint density at radius 3 is 2.03 bits per heavy atom. The second-order valence-electron chi connectivity index (χ2n) is 10.0. The molecule has 192 valence electrons. The Kier molecular flexibility index (Phi) is 7.11. The summed E-state index contributed by atoms with van der Waals surface area (Å²) in [5.74, 6) is 1.37. The number of hydrogen-bond acceptors (Lipinski definition) is 4. The van der Waals surface area contributed by atoms with Crippen LogP contribution in [0, 0.1) is 3.57 Å². The summed E-state index contributed by atoms with van der Waals surface area (Å²) in [5.41, 5.74) is 8.76. The Hall–Kier alpha value is -3.32. The zero-order valence-corrected chi connectivity index (χ0v) is 23.6. The number of phenols is 1. The van der Waals surface area contributed by atoms with Crippen LogP contribution in [0.3, 0.4) is 0 Å². The molecule has 2 aliphatic heterocycles. The zero-order valence-electron chi connectivity index (χ0n) is 21.5. The van der Waals surface area contributed by atoms with E-state index in [1.165, 1.54) is 27.9 Å². The average Bonchev–Trinajstić information content (AvgIpc) is 2.96. The number of hydrogen-bond donors (Lipinski definition) is 1. The lowest BCUT2D eigenvalue weighted by molar-refractivity contribution is 0.317. The predicted octanol–water partition coefficient (Wildman–Crippen LogP) is 8.02. The van der Waals surface area contributed by atoms with E-state index in [2.05, 4.69) is 100 Å². The van der Waals surface area contributed by atoms with Crippen molar-refractivity contribution in [2.24, 2.45) is 4.99 Å². The molecule has 4 aromatic carbocycles. The van der Waals surface area contributed by atoms with E-state index in [0.29, 0.717) is 24.2 Å². The monoisotopic (exact) mass is 614 g/mol. The maximum atomic E-state index is 10.4. The number of ether oxygens (including phenoxy) is 1. The van der Waals surface area contributed by atoms with Crippen molar-refractivity contribution in [1.82, 2.24) is 0 Å². The van der Waals surface area contributed by atoms with Crippen LogP contribution in [0.5, 0.6) is 11.5 Å². The van der Waals surface area contributed by atoms with Crippen LogP contribution in [0.4, 0.5) is 11.4 Å².